The molecule has 0 spiro atoms. The van der Waals surface area contributed by atoms with E-state index in [0.717, 1.165) is 19.3 Å². The SMILES string of the molecule is CCc1ccc(C(C)(N)C(CC)CC)cc1. The van der Waals surface area contributed by atoms with Crippen molar-refractivity contribution in [2.45, 2.75) is 52.5 Å². The van der Waals surface area contributed by atoms with E-state index >= 15 is 0 Å². The molecule has 0 aliphatic rings. The van der Waals surface area contributed by atoms with Crippen LogP contribution >= 0.6 is 0 Å². The lowest BCUT2D eigenvalue weighted by Gasteiger charge is -2.33. The first-order chi connectivity index (χ1) is 7.56. The molecule has 1 heteroatoms. The molecule has 0 aliphatic heterocycles. The van der Waals surface area contributed by atoms with E-state index in [9.17, 15) is 0 Å². The second-order valence-electron chi connectivity index (χ2n) is 4.85. The standard InChI is InChI=1S/C15H25N/c1-5-12-8-10-14(11-9-12)15(4,16)13(6-2)7-3/h8-11,13H,5-7,16H2,1-4H3. The van der Waals surface area contributed by atoms with Crippen LogP contribution in [0.4, 0.5) is 0 Å². The summed E-state index contributed by atoms with van der Waals surface area (Å²) in [5.41, 5.74) is 8.94. The minimum absolute atomic E-state index is 0.199. The third-order valence-corrected chi connectivity index (χ3v) is 3.82. The summed E-state index contributed by atoms with van der Waals surface area (Å²) < 4.78 is 0. The van der Waals surface area contributed by atoms with E-state index in [0.29, 0.717) is 5.92 Å². The van der Waals surface area contributed by atoms with E-state index in [4.69, 9.17) is 5.73 Å². The number of rotatable bonds is 5. The van der Waals surface area contributed by atoms with Crippen LogP contribution in [0.2, 0.25) is 0 Å². The molecule has 0 bridgehead atoms. The Bertz CT molecular complexity index is 307. The lowest BCUT2D eigenvalue weighted by molar-refractivity contribution is 0.282. The Morgan fingerprint density at radius 2 is 1.56 bits per heavy atom. The Morgan fingerprint density at radius 1 is 1.06 bits per heavy atom. The molecule has 0 aliphatic carbocycles. The van der Waals surface area contributed by atoms with Crippen molar-refractivity contribution in [3.8, 4) is 0 Å². The average molecular weight is 219 g/mol. The second kappa shape index (κ2) is 5.49. The summed E-state index contributed by atoms with van der Waals surface area (Å²) in [5.74, 6) is 0.556. The highest BCUT2D eigenvalue weighted by atomic mass is 14.7. The topological polar surface area (TPSA) is 26.0 Å². The number of benzene rings is 1. The fourth-order valence-corrected chi connectivity index (χ4v) is 2.47. The van der Waals surface area contributed by atoms with Crippen LogP contribution in [0.15, 0.2) is 24.3 Å². The molecular weight excluding hydrogens is 194 g/mol. The molecule has 0 saturated carbocycles. The zero-order valence-electron chi connectivity index (χ0n) is 11.1. The molecule has 1 atom stereocenters. The van der Waals surface area contributed by atoms with Gasteiger partial charge in [-0.05, 0) is 30.4 Å². The summed E-state index contributed by atoms with van der Waals surface area (Å²) in [6, 6.07) is 8.78. The van der Waals surface area contributed by atoms with Crippen LogP contribution in [0.25, 0.3) is 0 Å². The monoisotopic (exact) mass is 219 g/mol. The first kappa shape index (κ1) is 13.2. The van der Waals surface area contributed by atoms with E-state index in [1.807, 2.05) is 0 Å². The lowest BCUT2D eigenvalue weighted by Crippen LogP contribution is -2.40. The van der Waals surface area contributed by atoms with Crippen LogP contribution in [-0.2, 0) is 12.0 Å². The molecule has 1 unspecified atom stereocenters. The third-order valence-electron chi connectivity index (χ3n) is 3.82. The second-order valence-corrected chi connectivity index (χ2v) is 4.85. The summed E-state index contributed by atoms with van der Waals surface area (Å²) in [4.78, 5) is 0. The minimum atomic E-state index is -0.199. The molecule has 1 rings (SSSR count). The first-order valence-corrected chi connectivity index (χ1v) is 6.44. The van der Waals surface area contributed by atoms with Gasteiger partial charge in [0.05, 0.1) is 0 Å². The van der Waals surface area contributed by atoms with Crippen molar-refractivity contribution in [2.24, 2.45) is 11.7 Å². The summed E-state index contributed by atoms with van der Waals surface area (Å²) in [5, 5.41) is 0. The smallest absolute Gasteiger partial charge is 0.0409 e. The van der Waals surface area contributed by atoms with Gasteiger partial charge in [-0.2, -0.15) is 0 Å². The van der Waals surface area contributed by atoms with Crippen molar-refractivity contribution >= 4 is 0 Å². The Labute approximate surface area is 100 Å². The maximum atomic E-state index is 6.49. The zero-order chi connectivity index (χ0) is 12.2. The summed E-state index contributed by atoms with van der Waals surface area (Å²) in [6.45, 7) is 8.78. The highest BCUT2D eigenvalue weighted by Gasteiger charge is 2.29. The molecule has 0 radical (unpaired) electrons. The molecule has 0 saturated heterocycles. The van der Waals surface area contributed by atoms with Crippen molar-refractivity contribution in [3.05, 3.63) is 35.4 Å². The number of hydrogen-bond donors (Lipinski definition) is 1. The van der Waals surface area contributed by atoms with Gasteiger partial charge in [-0.1, -0.05) is 57.9 Å². The van der Waals surface area contributed by atoms with Gasteiger partial charge in [-0.25, -0.2) is 0 Å². The average Bonchev–Trinajstić information content (AvgIpc) is 2.30. The predicted molar refractivity (Wildman–Crippen MR) is 71.4 cm³/mol. The maximum absolute atomic E-state index is 6.49. The molecule has 90 valence electrons. The largest absolute Gasteiger partial charge is 0.321 e. The van der Waals surface area contributed by atoms with E-state index in [1.54, 1.807) is 0 Å². The van der Waals surface area contributed by atoms with Gasteiger partial charge in [-0.15, -0.1) is 0 Å². The number of nitrogens with two attached hydrogens (primary N) is 1. The molecule has 0 fully saturated rings. The molecule has 16 heavy (non-hydrogen) atoms. The maximum Gasteiger partial charge on any atom is 0.0409 e. The summed E-state index contributed by atoms with van der Waals surface area (Å²) >= 11 is 0. The Balaban J connectivity index is 2.96. The quantitative estimate of drug-likeness (QED) is 0.799. The van der Waals surface area contributed by atoms with Gasteiger partial charge in [0.15, 0.2) is 0 Å². The minimum Gasteiger partial charge on any atom is -0.321 e. The fraction of sp³-hybridized carbons (Fsp3) is 0.600. The molecule has 0 heterocycles. The Hall–Kier alpha value is -0.820. The summed E-state index contributed by atoms with van der Waals surface area (Å²) in [7, 11) is 0. The van der Waals surface area contributed by atoms with Gasteiger partial charge in [-0.3, -0.25) is 0 Å². The first-order valence-electron chi connectivity index (χ1n) is 6.44. The van der Waals surface area contributed by atoms with E-state index in [2.05, 4.69) is 52.0 Å². The normalized spacial score (nSPS) is 15.1. The van der Waals surface area contributed by atoms with Gasteiger partial charge in [0.2, 0.25) is 0 Å². The lowest BCUT2D eigenvalue weighted by atomic mass is 9.77. The molecule has 0 amide bonds. The van der Waals surface area contributed by atoms with Crippen LogP contribution < -0.4 is 5.73 Å². The fourth-order valence-electron chi connectivity index (χ4n) is 2.47. The van der Waals surface area contributed by atoms with Crippen LogP contribution in [0.5, 0.6) is 0 Å². The molecule has 2 N–H and O–H groups in total. The van der Waals surface area contributed by atoms with E-state index < -0.39 is 0 Å². The Morgan fingerprint density at radius 3 is 1.94 bits per heavy atom. The van der Waals surface area contributed by atoms with Gasteiger partial charge in [0, 0.05) is 5.54 Å². The van der Waals surface area contributed by atoms with Gasteiger partial charge in [0.25, 0.3) is 0 Å². The van der Waals surface area contributed by atoms with Crippen LogP contribution in [0.1, 0.15) is 51.7 Å². The highest BCUT2D eigenvalue weighted by Crippen LogP contribution is 2.31. The zero-order valence-corrected chi connectivity index (χ0v) is 11.1. The van der Waals surface area contributed by atoms with Gasteiger partial charge >= 0.3 is 0 Å². The van der Waals surface area contributed by atoms with Gasteiger partial charge in [0.1, 0.15) is 0 Å². The highest BCUT2D eigenvalue weighted by molar-refractivity contribution is 5.28. The van der Waals surface area contributed by atoms with Crippen molar-refractivity contribution in [2.75, 3.05) is 0 Å². The predicted octanol–water partition coefficient (Wildman–Crippen LogP) is 3.86. The van der Waals surface area contributed by atoms with Crippen LogP contribution in [0, 0.1) is 5.92 Å². The molecule has 1 aromatic rings. The number of aryl methyl sites for hydroxylation is 1. The van der Waals surface area contributed by atoms with Crippen LogP contribution in [-0.4, -0.2) is 0 Å². The van der Waals surface area contributed by atoms with Crippen LogP contribution in [0.3, 0.4) is 0 Å². The summed E-state index contributed by atoms with van der Waals surface area (Å²) in [6.07, 6.45) is 3.37. The Kier molecular flexibility index (Phi) is 4.55. The molecule has 1 aromatic carbocycles. The van der Waals surface area contributed by atoms with Gasteiger partial charge < -0.3 is 5.73 Å². The van der Waals surface area contributed by atoms with Crippen molar-refractivity contribution in [1.82, 2.24) is 0 Å². The number of hydrogen-bond acceptors (Lipinski definition) is 1. The molecule has 0 aromatic heterocycles. The van der Waals surface area contributed by atoms with Crippen molar-refractivity contribution in [1.29, 1.82) is 0 Å². The van der Waals surface area contributed by atoms with Crippen molar-refractivity contribution < 1.29 is 0 Å². The van der Waals surface area contributed by atoms with Crippen molar-refractivity contribution in [3.63, 3.8) is 0 Å². The molecule has 1 nitrogen and oxygen atoms in total. The van der Waals surface area contributed by atoms with E-state index in [1.165, 1.54) is 11.1 Å². The van der Waals surface area contributed by atoms with E-state index in [-0.39, 0.29) is 5.54 Å². The third kappa shape index (κ3) is 2.65. The molecular formula is C15H25N.